The first-order valence-corrected chi connectivity index (χ1v) is 8.98. The minimum Gasteiger partial charge on any atom is -0.492 e. The molecule has 1 aromatic rings. The topological polar surface area (TPSA) is 75.1 Å². The normalized spacial score (nSPS) is 20.9. The highest BCUT2D eigenvalue weighted by atomic mass is 79.9. The van der Waals surface area contributed by atoms with Gasteiger partial charge >= 0.3 is 0 Å². The number of aliphatic imine (C=N–C) groups is 1. The molecule has 1 aromatic carbocycles. The fraction of sp³-hybridized carbons (Fsp3) is 0.588. The molecular weight excluding hydrogens is 374 g/mol. The fourth-order valence-corrected chi connectivity index (χ4v) is 2.94. The van der Waals surface area contributed by atoms with E-state index >= 15 is 0 Å². The summed E-state index contributed by atoms with van der Waals surface area (Å²) in [5, 5.41) is 15.8. The van der Waals surface area contributed by atoms with Gasteiger partial charge in [-0.2, -0.15) is 0 Å². The molecule has 1 saturated heterocycles. The van der Waals surface area contributed by atoms with Crippen LogP contribution in [-0.4, -0.2) is 57.6 Å². The molecule has 0 saturated carbocycles. The predicted octanol–water partition coefficient (Wildman–Crippen LogP) is 1.78. The van der Waals surface area contributed by atoms with Crippen molar-refractivity contribution in [2.24, 2.45) is 10.4 Å². The first-order valence-electron chi connectivity index (χ1n) is 8.19. The van der Waals surface area contributed by atoms with Gasteiger partial charge in [0.25, 0.3) is 0 Å². The molecule has 0 spiro atoms. The number of hydrogen-bond acceptors (Lipinski definition) is 4. The molecular formula is C17H26BrN3O3. The number of guanidine groups is 1. The lowest BCUT2D eigenvalue weighted by molar-refractivity contribution is 0.127. The van der Waals surface area contributed by atoms with Crippen molar-refractivity contribution in [2.45, 2.75) is 12.8 Å². The van der Waals surface area contributed by atoms with Gasteiger partial charge in [-0.05, 0) is 37.1 Å². The Kier molecular flexibility index (Phi) is 7.81. The third-order valence-corrected chi connectivity index (χ3v) is 4.69. The largest absolute Gasteiger partial charge is 0.492 e. The Labute approximate surface area is 151 Å². The number of ether oxygens (including phenoxy) is 2. The van der Waals surface area contributed by atoms with Crippen LogP contribution in [0.25, 0.3) is 0 Å². The first-order chi connectivity index (χ1) is 11.7. The van der Waals surface area contributed by atoms with E-state index in [-0.39, 0.29) is 12.0 Å². The zero-order chi connectivity index (χ0) is 17.3. The van der Waals surface area contributed by atoms with Gasteiger partial charge in [0.1, 0.15) is 12.4 Å². The summed E-state index contributed by atoms with van der Waals surface area (Å²) in [6, 6.07) is 7.76. The van der Waals surface area contributed by atoms with Crippen LogP contribution in [0.3, 0.4) is 0 Å². The highest BCUT2D eigenvalue weighted by molar-refractivity contribution is 9.10. The van der Waals surface area contributed by atoms with E-state index in [1.165, 1.54) is 0 Å². The summed E-state index contributed by atoms with van der Waals surface area (Å²) in [6.45, 7) is 3.56. The molecule has 1 unspecified atom stereocenters. The molecule has 1 atom stereocenters. The minimum absolute atomic E-state index is 0.000293. The standard InChI is InChI=1S/C17H26BrN3O3/c1-19-16(21-12-17(6-9-22)7-10-23-13-17)20-8-11-24-15-4-2-14(18)3-5-15/h2-5,22H,6-13H2,1H3,(H2,19,20,21). The smallest absolute Gasteiger partial charge is 0.191 e. The van der Waals surface area contributed by atoms with E-state index in [2.05, 4.69) is 31.6 Å². The van der Waals surface area contributed by atoms with E-state index < -0.39 is 0 Å². The van der Waals surface area contributed by atoms with Gasteiger partial charge in [0.15, 0.2) is 5.96 Å². The fourth-order valence-electron chi connectivity index (χ4n) is 2.67. The summed E-state index contributed by atoms with van der Waals surface area (Å²) in [5.74, 6) is 1.58. The number of aliphatic hydroxyl groups excluding tert-OH is 1. The summed E-state index contributed by atoms with van der Waals surface area (Å²) < 4.78 is 12.2. The van der Waals surface area contributed by atoms with Gasteiger partial charge < -0.3 is 25.2 Å². The molecule has 0 aromatic heterocycles. The molecule has 134 valence electrons. The van der Waals surface area contributed by atoms with Crippen molar-refractivity contribution in [1.29, 1.82) is 0 Å². The first kappa shape index (κ1) is 19.0. The van der Waals surface area contributed by atoms with Gasteiger partial charge in [0.05, 0.1) is 13.2 Å². The van der Waals surface area contributed by atoms with E-state index in [0.717, 1.165) is 42.2 Å². The molecule has 2 rings (SSSR count). The number of rotatable bonds is 8. The van der Waals surface area contributed by atoms with Crippen LogP contribution in [0.1, 0.15) is 12.8 Å². The van der Waals surface area contributed by atoms with Crippen LogP contribution in [0, 0.1) is 5.41 Å². The van der Waals surface area contributed by atoms with Gasteiger partial charge in [-0.3, -0.25) is 4.99 Å². The maximum absolute atomic E-state index is 9.26. The third kappa shape index (κ3) is 5.96. The summed E-state index contributed by atoms with van der Waals surface area (Å²) in [7, 11) is 1.74. The maximum atomic E-state index is 9.26. The van der Waals surface area contributed by atoms with Crippen molar-refractivity contribution >= 4 is 21.9 Å². The highest BCUT2D eigenvalue weighted by Gasteiger charge is 2.34. The number of halogens is 1. The Morgan fingerprint density at radius 2 is 2.17 bits per heavy atom. The average Bonchev–Trinajstić information content (AvgIpc) is 3.05. The molecule has 0 radical (unpaired) electrons. The van der Waals surface area contributed by atoms with Crippen molar-refractivity contribution in [3.05, 3.63) is 28.7 Å². The van der Waals surface area contributed by atoms with Gasteiger partial charge in [-0.15, -0.1) is 0 Å². The van der Waals surface area contributed by atoms with Gasteiger partial charge in [-0.1, -0.05) is 15.9 Å². The molecule has 3 N–H and O–H groups in total. The molecule has 6 nitrogen and oxygen atoms in total. The van der Waals surface area contributed by atoms with Crippen molar-refractivity contribution in [3.8, 4) is 5.75 Å². The van der Waals surface area contributed by atoms with Crippen LogP contribution >= 0.6 is 15.9 Å². The lowest BCUT2D eigenvalue weighted by Gasteiger charge is -2.27. The Morgan fingerprint density at radius 1 is 1.38 bits per heavy atom. The number of nitrogens with zero attached hydrogens (tertiary/aromatic N) is 1. The van der Waals surface area contributed by atoms with Crippen LogP contribution in [0.2, 0.25) is 0 Å². The molecule has 0 bridgehead atoms. The Morgan fingerprint density at radius 3 is 2.79 bits per heavy atom. The van der Waals surface area contributed by atoms with Gasteiger partial charge in [-0.25, -0.2) is 0 Å². The summed E-state index contributed by atoms with van der Waals surface area (Å²) in [5.41, 5.74) is 0.000293. The van der Waals surface area contributed by atoms with E-state index in [1.807, 2.05) is 24.3 Å². The van der Waals surface area contributed by atoms with Gasteiger partial charge in [0, 0.05) is 36.7 Å². The van der Waals surface area contributed by atoms with E-state index in [9.17, 15) is 5.11 Å². The highest BCUT2D eigenvalue weighted by Crippen LogP contribution is 2.31. The summed E-state index contributed by atoms with van der Waals surface area (Å²) in [4.78, 5) is 4.23. The minimum atomic E-state index is 0.000293. The molecule has 1 aliphatic rings. The molecule has 1 fully saturated rings. The van der Waals surface area contributed by atoms with Crippen molar-refractivity contribution in [2.75, 3.05) is 46.6 Å². The Bertz CT molecular complexity index is 516. The van der Waals surface area contributed by atoms with Crippen molar-refractivity contribution in [3.63, 3.8) is 0 Å². The second kappa shape index (κ2) is 9.86. The van der Waals surface area contributed by atoms with Crippen LogP contribution in [0.15, 0.2) is 33.7 Å². The van der Waals surface area contributed by atoms with Crippen molar-refractivity contribution in [1.82, 2.24) is 10.6 Å². The van der Waals surface area contributed by atoms with Crippen LogP contribution < -0.4 is 15.4 Å². The maximum Gasteiger partial charge on any atom is 0.191 e. The Hall–Kier alpha value is -1.31. The lowest BCUT2D eigenvalue weighted by atomic mass is 9.84. The molecule has 0 aliphatic carbocycles. The predicted molar refractivity (Wildman–Crippen MR) is 98.6 cm³/mol. The quantitative estimate of drug-likeness (QED) is 0.353. The van der Waals surface area contributed by atoms with E-state index in [4.69, 9.17) is 9.47 Å². The molecule has 24 heavy (non-hydrogen) atoms. The molecule has 0 amide bonds. The van der Waals surface area contributed by atoms with Crippen molar-refractivity contribution < 1.29 is 14.6 Å². The monoisotopic (exact) mass is 399 g/mol. The van der Waals surface area contributed by atoms with Gasteiger partial charge in [0.2, 0.25) is 0 Å². The number of nitrogens with one attached hydrogen (secondary N) is 2. The molecule has 1 aliphatic heterocycles. The van der Waals surface area contributed by atoms with E-state index in [1.54, 1.807) is 7.05 Å². The van der Waals surface area contributed by atoms with E-state index in [0.29, 0.717) is 19.8 Å². The lowest BCUT2D eigenvalue weighted by Crippen LogP contribution is -2.45. The van der Waals surface area contributed by atoms with Crippen LogP contribution in [0.4, 0.5) is 0 Å². The van der Waals surface area contributed by atoms with Crippen LogP contribution in [0.5, 0.6) is 5.75 Å². The SMILES string of the molecule is CN=C(NCCOc1ccc(Br)cc1)NCC1(CCO)CCOC1. The number of aliphatic hydroxyl groups is 1. The second-order valence-corrected chi connectivity index (χ2v) is 6.85. The zero-order valence-corrected chi connectivity index (χ0v) is 15.6. The number of benzene rings is 1. The Balaban J connectivity index is 1.69. The molecule has 1 heterocycles. The summed E-state index contributed by atoms with van der Waals surface area (Å²) >= 11 is 3.40. The zero-order valence-electron chi connectivity index (χ0n) is 14.1. The average molecular weight is 400 g/mol. The number of hydrogen-bond donors (Lipinski definition) is 3. The summed E-state index contributed by atoms with van der Waals surface area (Å²) in [6.07, 6.45) is 1.70. The van der Waals surface area contributed by atoms with Crippen LogP contribution in [-0.2, 0) is 4.74 Å². The second-order valence-electron chi connectivity index (χ2n) is 5.93. The third-order valence-electron chi connectivity index (χ3n) is 4.16. The molecule has 7 heteroatoms.